The maximum atomic E-state index is 12.6. The van der Waals surface area contributed by atoms with Crippen molar-refractivity contribution in [1.29, 1.82) is 0 Å². The molecule has 1 heterocycles. The van der Waals surface area contributed by atoms with Crippen LogP contribution in [0.25, 0.3) is 0 Å². The predicted octanol–water partition coefficient (Wildman–Crippen LogP) is 5.44. The molecule has 1 fully saturated rings. The molecule has 6 nitrogen and oxygen atoms in total. The maximum Gasteiger partial charge on any atom is 0.343 e. The van der Waals surface area contributed by atoms with Gasteiger partial charge in [0.15, 0.2) is 0 Å². The van der Waals surface area contributed by atoms with Crippen molar-refractivity contribution < 1.29 is 23.7 Å². The van der Waals surface area contributed by atoms with Gasteiger partial charge in [0.05, 0.1) is 12.2 Å². The van der Waals surface area contributed by atoms with Gasteiger partial charge in [0.1, 0.15) is 30.9 Å². The van der Waals surface area contributed by atoms with Crippen LogP contribution in [0.2, 0.25) is 0 Å². The minimum Gasteiger partial charge on any atom is -0.491 e. The Balaban J connectivity index is 1.38. The number of epoxide rings is 1. The van der Waals surface area contributed by atoms with E-state index in [9.17, 15) is 4.79 Å². The Morgan fingerprint density at radius 3 is 2.03 bits per heavy atom. The van der Waals surface area contributed by atoms with E-state index in [1.54, 1.807) is 19.2 Å². The summed E-state index contributed by atoms with van der Waals surface area (Å²) >= 11 is 0. The molecule has 0 bridgehead atoms. The van der Waals surface area contributed by atoms with Gasteiger partial charge in [-0.05, 0) is 66.6 Å². The van der Waals surface area contributed by atoms with Crippen LogP contribution >= 0.6 is 0 Å². The molecule has 0 saturated carbocycles. The predicted molar refractivity (Wildman–Crippen MR) is 137 cm³/mol. The van der Waals surface area contributed by atoms with Crippen LogP contribution < -0.4 is 14.4 Å². The van der Waals surface area contributed by atoms with Gasteiger partial charge in [-0.15, -0.1) is 0 Å². The molecule has 0 aliphatic carbocycles. The number of methoxy groups -OCH3 is 1. The van der Waals surface area contributed by atoms with Gasteiger partial charge in [-0.1, -0.05) is 38.1 Å². The van der Waals surface area contributed by atoms with Crippen molar-refractivity contribution in [3.63, 3.8) is 0 Å². The summed E-state index contributed by atoms with van der Waals surface area (Å²) in [7, 11) is 1.67. The summed E-state index contributed by atoms with van der Waals surface area (Å²) in [6, 6.07) is 23.2. The molecule has 1 atom stereocenters. The summed E-state index contributed by atoms with van der Waals surface area (Å²) in [6.07, 6.45) is 0.241. The van der Waals surface area contributed by atoms with E-state index in [0.29, 0.717) is 24.7 Å². The third-order valence-electron chi connectivity index (χ3n) is 6.34. The van der Waals surface area contributed by atoms with E-state index in [2.05, 4.69) is 37.8 Å². The van der Waals surface area contributed by atoms with Crippen molar-refractivity contribution >= 4 is 11.7 Å². The van der Waals surface area contributed by atoms with Gasteiger partial charge in [-0.25, -0.2) is 4.79 Å². The smallest absolute Gasteiger partial charge is 0.343 e. The van der Waals surface area contributed by atoms with E-state index < -0.39 is 0 Å². The lowest BCUT2D eigenvalue weighted by Crippen LogP contribution is -2.24. The molecule has 4 rings (SSSR count). The number of rotatable bonds is 11. The van der Waals surface area contributed by atoms with Crippen LogP contribution in [0.3, 0.4) is 0 Å². The van der Waals surface area contributed by atoms with E-state index in [1.807, 2.05) is 48.5 Å². The molecule has 0 radical (unpaired) electrons. The van der Waals surface area contributed by atoms with E-state index >= 15 is 0 Å². The van der Waals surface area contributed by atoms with Gasteiger partial charge in [0, 0.05) is 24.8 Å². The van der Waals surface area contributed by atoms with Crippen LogP contribution in [-0.4, -0.2) is 45.7 Å². The van der Waals surface area contributed by atoms with Gasteiger partial charge in [-0.2, -0.15) is 0 Å². The first-order valence-corrected chi connectivity index (χ1v) is 11.9. The monoisotopic (exact) mass is 475 g/mol. The van der Waals surface area contributed by atoms with E-state index in [-0.39, 0.29) is 17.5 Å². The molecule has 35 heavy (non-hydrogen) atoms. The standard InChI is InChI=1S/C29H33NO5/c1-5-30(20-32-4)24-12-6-21(7-13-24)28(31)35-26-16-10-23(11-17-26)29(2,3)22-8-14-25(15-9-22)33-18-27-19-34-27/h6-17,27H,5,18-20H2,1-4H3. The highest BCUT2D eigenvalue weighted by molar-refractivity contribution is 5.91. The highest BCUT2D eigenvalue weighted by atomic mass is 16.6. The lowest BCUT2D eigenvalue weighted by Gasteiger charge is -2.26. The Kier molecular flexibility index (Phi) is 7.73. The Morgan fingerprint density at radius 2 is 1.51 bits per heavy atom. The van der Waals surface area contributed by atoms with Crippen molar-refractivity contribution in [2.75, 3.05) is 38.5 Å². The number of carbonyl (C=O) groups excluding carboxylic acids is 1. The van der Waals surface area contributed by atoms with Crippen LogP contribution in [0.1, 0.15) is 42.3 Å². The summed E-state index contributed by atoms with van der Waals surface area (Å²) in [4.78, 5) is 14.7. The number of hydrogen-bond acceptors (Lipinski definition) is 6. The van der Waals surface area contributed by atoms with Crippen LogP contribution in [0.5, 0.6) is 11.5 Å². The Bertz CT molecular complexity index is 1100. The quantitative estimate of drug-likeness (QED) is 0.159. The highest BCUT2D eigenvalue weighted by Gasteiger charge is 2.25. The molecule has 1 aliphatic heterocycles. The second-order valence-corrected chi connectivity index (χ2v) is 9.15. The topological polar surface area (TPSA) is 60.5 Å². The molecule has 0 aromatic heterocycles. The molecule has 184 valence electrons. The molecule has 0 spiro atoms. The van der Waals surface area contributed by atoms with E-state index in [0.717, 1.165) is 30.2 Å². The second kappa shape index (κ2) is 10.9. The largest absolute Gasteiger partial charge is 0.491 e. The zero-order chi connectivity index (χ0) is 24.8. The maximum absolute atomic E-state index is 12.6. The van der Waals surface area contributed by atoms with Crippen molar-refractivity contribution in [2.45, 2.75) is 32.3 Å². The first-order chi connectivity index (χ1) is 16.9. The first kappa shape index (κ1) is 24.8. The third kappa shape index (κ3) is 6.21. The molecule has 1 unspecified atom stereocenters. The van der Waals surface area contributed by atoms with Crippen LogP contribution in [-0.2, 0) is 14.9 Å². The fraction of sp³-hybridized carbons (Fsp3) is 0.345. The zero-order valence-corrected chi connectivity index (χ0v) is 20.8. The SMILES string of the molecule is CCN(COC)c1ccc(C(=O)Oc2ccc(C(C)(C)c3ccc(OCC4CO4)cc3)cc2)cc1. The van der Waals surface area contributed by atoms with E-state index in [1.165, 1.54) is 5.56 Å². The number of benzene rings is 3. The molecule has 6 heteroatoms. The second-order valence-electron chi connectivity index (χ2n) is 9.15. The number of ether oxygens (including phenoxy) is 4. The summed E-state index contributed by atoms with van der Waals surface area (Å²) in [6.45, 7) is 9.10. The molecule has 3 aromatic rings. The molecule has 3 aromatic carbocycles. The zero-order valence-electron chi connectivity index (χ0n) is 20.8. The van der Waals surface area contributed by atoms with Gasteiger partial charge >= 0.3 is 5.97 Å². The Labute approximate surface area is 207 Å². The number of hydrogen-bond donors (Lipinski definition) is 0. The van der Waals surface area contributed by atoms with E-state index in [4.69, 9.17) is 18.9 Å². The third-order valence-corrected chi connectivity index (χ3v) is 6.34. The van der Waals surface area contributed by atoms with Crippen molar-refractivity contribution in [3.05, 3.63) is 89.5 Å². The lowest BCUT2D eigenvalue weighted by atomic mass is 9.78. The van der Waals surface area contributed by atoms with Gasteiger partial charge < -0.3 is 23.8 Å². The summed E-state index contributed by atoms with van der Waals surface area (Å²) in [5, 5.41) is 0. The fourth-order valence-corrected chi connectivity index (χ4v) is 3.91. The average molecular weight is 476 g/mol. The van der Waals surface area contributed by atoms with Crippen LogP contribution in [0.15, 0.2) is 72.8 Å². The summed E-state index contributed by atoms with van der Waals surface area (Å²) in [5.74, 6) is 0.973. The molecule has 0 amide bonds. The van der Waals surface area contributed by atoms with Crippen molar-refractivity contribution in [1.82, 2.24) is 0 Å². The number of esters is 1. The van der Waals surface area contributed by atoms with Crippen molar-refractivity contribution in [2.24, 2.45) is 0 Å². The van der Waals surface area contributed by atoms with Gasteiger partial charge in [-0.3, -0.25) is 0 Å². The molecular weight excluding hydrogens is 442 g/mol. The molecule has 1 saturated heterocycles. The Morgan fingerprint density at radius 1 is 0.943 bits per heavy atom. The van der Waals surface area contributed by atoms with Gasteiger partial charge in [0.25, 0.3) is 0 Å². The average Bonchev–Trinajstić information content (AvgIpc) is 3.71. The van der Waals surface area contributed by atoms with Crippen LogP contribution in [0.4, 0.5) is 5.69 Å². The van der Waals surface area contributed by atoms with Crippen molar-refractivity contribution in [3.8, 4) is 11.5 Å². The number of anilines is 1. The number of carbonyl (C=O) groups is 1. The summed E-state index contributed by atoms with van der Waals surface area (Å²) in [5.41, 5.74) is 3.58. The van der Waals surface area contributed by atoms with Crippen LogP contribution in [0, 0.1) is 0 Å². The normalized spacial score (nSPS) is 14.9. The summed E-state index contributed by atoms with van der Waals surface area (Å²) < 4.78 is 21.8. The molecule has 0 N–H and O–H groups in total. The highest BCUT2D eigenvalue weighted by Crippen LogP contribution is 2.33. The lowest BCUT2D eigenvalue weighted by molar-refractivity contribution is 0.0734. The molecular formula is C29H33NO5. The Hall–Kier alpha value is -3.35. The minimum absolute atomic E-state index is 0.218. The number of nitrogens with zero attached hydrogens (tertiary/aromatic N) is 1. The molecule has 1 aliphatic rings. The van der Waals surface area contributed by atoms with Gasteiger partial charge in [0.2, 0.25) is 0 Å². The fourth-order valence-electron chi connectivity index (χ4n) is 3.91. The minimum atomic E-state index is -0.384. The first-order valence-electron chi connectivity index (χ1n) is 11.9.